The Hall–Kier alpha value is -3.23. The number of carbonyl (C=O) groups excluding carboxylic acids is 1. The Balaban J connectivity index is 1.66. The van der Waals surface area contributed by atoms with Crippen molar-refractivity contribution in [2.24, 2.45) is 0 Å². The average Bonchev–Trinajstić information content (AvgIpc) is 3.18. The van der Waals surface area contributed by atoms with Crippen molar-refractivity contribution in [3.05, 3.63) is 54.4 Å². The predicted octanol–water partition coefficient (Wildman–Crippen LogP) is 4.09. The van der Waals surface area contributed by atoms with E-state index in [2.05, 4.69) is 15.2 Å². The van der Waals surface area contributed by atoms with Crippen LogP contribution in [0.4, 0.5) is 18.9 Å². The van der Waals surface area contributed by atoms with Gasteiger partial charge in [0, 0.05) is 11.8 Å². The quantitative estimate of drug-likeness (QED) is 0.775. The van der Waals surface area contributed by atoms with Crippen molar-refractivity contribution in [2.45, 2.75) is 6.36 Å². The summed E-state index contributed by atoms with van der Waals surface area (Å²) < 4.78 is 50.1. The minimum Gasteiger partial charge on any atom is -0.461 e. The average molecular weight is 338 g/mol. The van der Waals surface area contributed by atoms with Crippen molar-refractivity contribution in [1.82, 2.24) is 5.16 Å². The summed E-state index contributed by atoms with van der Waals surface area (Å²) >= 11 is 0. The van der Waals surface area contributed by atoms with Crippen molar-refractivity contribution in [1.29, 1.82) is 0 Å². The Labute approximate surface area is 132 Å². The van der Waals surface area contributed by atoms with E-state index in [9.17, 15) is 18.0 Å². The molecule has 1 aromatic carbocycles. The molecule has 3 aromatic rings. The van der Waals surface area contributed by atoms with E-state index in [1.54, 1.807) is 12.1 Å². The third-order valence-corrected chi connectivity index (χ3v) is 2.85. The van der Waals surface area contributed by atoms with Crippen LogP contribution in [0, 0.1) is 0 Å². The molecule has 0 bridgehead atoms. The predicted molar refractivity (Wildman–Crippen MR) is 75.3 cm³/mol. The summed E-state index contributed by atoms with van der Waals surface area (Å²) in [6.45, 7) is 0. The molecular formula is C15H9F3N2O4. The van der Waals surface area contributed by atoms with Crippen LogP contribution in [0.25, 0.3) is 11.5 Å². The standard InChI is InChI=1S/C15H9F3N2O4/c16-15(17,18)23-10-5-3-9(4-6-10)19-14(21)11-8-13(24-20-11)12-2-1-7-22-12/h1-8H,(H,19,21). The number of furan rings is 1. The molecule has 2 aromatic heterocycles. The van der Waals surface area contributed by atoms with E-state index in [0.717, 1.165) is 12.1 Å². The van der Waals surface area contributed by atoms with Gasteiger partial charge in [-0.1, -0.05) is 5.16 Å². The van der Waals surface area contributed by atoms with Crippen LogP contribution in [-0.4, -0.2) is 17.4 Å². The van der Waals surface area contributed by atoms with E-state index in [1.165, 1.54) is 24.5 Å². The summed E-state index contributed by atoms with van der Waals surface area (Å²) in [6.07, 6.45) is -3.32. The zero-order valence-corrected chi connectivity index (χ0v) is 11.8. The molecule has 3 rings (SSSR count). The third-order valence-electron chi connectivity index (χ3n) is 2.85. The molecular weight excluding hydrogens is 329 g/mol. The molecule has 1 N–H and O–H groups in total. The molecule has 9 heteroatoms. The number of rotatable bonds is 4. The van der Waals surface area contributed by atoms with Crippen molar-refractivity contribution < 1.29 is 31.6 Å². The van der Waals surface area contributed by atoms with Crippen LogP contribution in [0.3, 0.4) is 0 Å². The lowest BCUT2D eigenvalue weighted by Crippen LogP contribution is -2.17. The maximum Gasteiger partial charge on any atom is 0.573 e. The van der Waals surface area contributed by atoms with Gasteiger partial charge in [0.2, 0.25) is 5.76 Å². The minimum absolute atomic E-state index is 0.00276. The number of amides is 1. The highest BCUT2D eigenvalue weighted by Crippen LogP contribution is 2.24. The number of nitrogens with one attached hydrogen (secondary N) is 1. The summed E-state index contributed by atoms with van der Waals surface area (Å²) in [6, 6.07) is 9.39. The largest absolute Gasteiger partial charge is 0.573 e. The van der Waals surface area contributed by atoms with Crippen molar-refractivity contribution in [3.63, 3.8) is 0 Å². The number of nitrogens with zero attached hydrogens (tertiary/aromatic N) is 1. The lowest BCUT2D eigenvalue weighted by Gasteiger charge is -2.09. The second-order valence-electron chi connectivity index (χ2n) is 4.58. The van der Waals surface area contributed by atoms with Crippen molar-refractivity contribution in [2.75, 3.05) is 5.32 Å². The second kappa shape index (κ2) is 6.11. The number of anilines is 1. The molecule has 0 aliphatic rings. The maximum absolute atomic E-state index is 12.1. The van der Waals surface area contributed by atoms with Gasteiger partial charge in [-0.25, -0.2) is 0 Å². The highest BCUT2D eigenvalue weighted by Gasteiger charge is 2.31. The fraction of sp³-hybridized carbons (Fsp3) is 0.0667. The van der Waals surface area contributed by atoms with E-state index in [4.69, 9.17) is 8.94 Å². The van der Waals surface area contributed by atoms with Gasteiger partial charge in [-0.3, -0.25) is 4.79 Å². The minimum atomic E-state index is -4.77. The van der Waals surface area contributed by atoms with Crippen molar-refractivity contribution >= 4 is 11.6 Å². The van der Waals surface area contributed by atoms with Crippen molar-refractivity contribution in [3.8, 4) is 17.3 Å². The first-order valence-electron chi connectivity index (χ1n) is 6.58. The molecule has 0 aliphatic carbocycles. The summed E-state index contributed by atoms with van der Waals surface area (Å²) in [5, 5.41) is 6.09. The van der Waals surface area contributed by atoms with Crippen LogP contribution in [0.15, 0.2) is 57.7 Å². The fourth-order valence-corrected chi connectivity index (χ4v) is 1.85. The zero-order valence-electron chi connectivity index (χ0n) is 11.8. The SMILES string of the molecule is O=C(Nc1ccc(OC(F)(F)F)cc1)c1cc(-c2ccco2)on1. The molecule has 6 nitrogen and oxygen atoms in total. The Kier molecular flexibility index (Phi) is 3.98. The fourth-order valence-electron chi connectivity index (χ4n) is 1.85. The van der Waals surface area contributed by atoms with Gasteiger partial charge in [-0.2, -0.15) is 0 Å². The van der Waals surface area contributed by atoms with E-state index >= 15 is 0 Å². The van der Waals surface area contributed by atoms with Gasteiger partial charge in [-0.05, 0) is 36.4 Å². The van der Waals surface area contributed by atoms with Gasteiger partial charge in [0.15, 0.2) is 11.5 Å². The number of benzene rings is 1. The van der Waals surface area contributed by atoms with Crippen LogP contribution >= 0.6 is 0 Å². The first-order valence-corrected chi connectivity index (χ1v) is 6.58. The Morgan fingerprint density at radius 3 is 2.50 bits per heavy atom. The Morgan fingerprint density at radius 1 is 1.12 bits per heavy atom. The molecule has 0 spiro atoms. The molecule has 0 atom stereocenters. The number of halogens is 3. The number of hydrogen-bond acceptors (Lipinski definition) is 5. The van der Waals surface area contributed by atoms with Gasteiger partial charge in [0.25, 0.3) is 5.91 Å². The maximum atomic E-state index is 12.1. The van der Waals surface area contributed by atoms with E-state index in [0.29, 0.717) is 5.76 Å². The molecule has 0 fully saturated rings. The second-order valence-corrected chi connectivity index (χ2v) is 4.58. The first-order chi connectivity index (χ1) is 11.4. The topological polar surface area (TPSA) is 77.5 Å². The summed E-state index contributed by atoms with van der Waals surface area (Å²) in [5.41, 5.74) is 0.272. The lowest BCUT2D eigenvalue weighted by atomic mass is 10.2. The molecule has 2 heterocycles. The first kappa shape index (κ1) is 15.7. The molecule has 0 saturated heterocycles. The van der Waals surface area contributed by atoms with E-state index < -0.39 is 12.3 Å². The van der Waals surface area contributed by atoms with Gasteiger partial charge < -0.3 is 19.0 Å². The zero-order chi connectivity index (χ0) is 17.2. The Bertz CT molecular complexity index is 823. The van der Waals surface area contributed by atoms with Gasteiger partial charge in [0.1, 0.15) is 5.75 Å². The van der Waals surface area contributed by atoms with Crippen LogP contribution in [0.1, 0.15) is 10.5 Å². The molecule has 0 radical (unpaired) electrons. The molecule has 1 amide bonds. The van der Waals surface area contributed by atoms with Gasteiger partial charge in [0.05, 0.1) is 6.26 Å². The molecule has 0 aliphatic heterocycles. The van der Waals surface area contributed by atoms with Crippen LogP contribution in [-0.2, 0) is 0 Å². The number of hydrogen-bond donors (Lipinski definition) is 1. The molecule has 0 unspecified atom stereocenters. The summed E-state index contributed by atoms with van der Waals surface area (Å²) in [5.74, 6) is -0.280. The highest BCUT2D eigenvalue weighted by atomic mass is 19.4. The lowest BCUT2D eigenvalue weighted by molar-refractivity contribution is -0.274. The van der Waals surface area contributed by atoms with Gasteiger partial charge >= 0.3 is 6.36 Å². The number of ether oxygens (including phenoxy) is 1. The summed E-state index contributed by atoms with van der Waals surface area (Å²) in [7, 11) is 0. The highest BCUT2D eigenvalue weighted by molar-refractivity contribution is 6.03. The van der Waals surface area contributed by atoms with Crippen LogP contribution in [0.5, 0.6) is 5.75 Å². The summed E-state index contributed by atoms with van der Waals surface area (Å²) in [4.78, 5) is 12.0. The number of alkyl halides is 3. The van der Waals surface area contributed by atoms with Crippen LogP contribution in [0.2, 0.25) is 0 Å². The van der Waals surface area contributed by atoms with E-state index in [1.807, 2.05) is 0 Å². The number of carbonyl (C=O) groups is 1. The third kappa shape index (κ3) is 3.75. The van der Waals surface area contributed by atoms with E-state index in [-0.39, 0.29) is 22.9 Å². The normalized spacial score (nSPS) is 11.3. The monoisotopic (exact) mass is 338 g/mol. The molecule has 124 valence electrons. The molecule has 0 saturated carbocycles. The Morgan fingerprint density at radius 2 is 1.88 bits per heavy atom. The smallest absolute Gasteiger partial charge is 0.461 e. The molecule has 24 heavy (non-hydrogen) atoms. The van der Waals surface area contributed by atoms with Gasteiger partial charge in [-0.15, -0.1) is 13.2 Å². The number of aromatic nitrogens is 1. The van der Waals surface area contributed by atoms with Crippen LogP contribution < -0.4 is 10.1 Å².